The molecule has 0 fully saturated rings. The van der Waals surface area contributed by atoms with Gasteiger partial charge in [0.05, 0.1) is 12.8 Å². The highest BCUT2D eigenvalue weighted by molar-refractivity contribution is 6.04. The standard InChI is InChI=1S/C25H19N3O3/c1-2-30-19-13-14-21(27-16-19)24(29)28-25-20(15-26)22(17-9-5-3-6-10-17)23(31-25)18-11-7-4-8-12-18/h3-14,16H,2H2,1H3,(H,28,29). The zero-order valence-corrected chi connectivity index (χ0v) is 16.8. The van der Waals surface area contributed by atoms with Crippen LogP contribution in [0.15, 0.2) is 83.4 Å². The molecule has 0 saturated carbocycles. The number of carbonyl (C=O) groups is 1. The number of furan rings is 1. The van der Waals surface area contributed by atoms with Gasteiger partial charge in [0.2, 0.25) is 5.88 Å². The SMILES string of the molecule is CCOc1ccc(C(=O)Nc2oc(-c3ccccc3)c(-c3ccccc3)c2C#N)nc1. The second kappa shape index (κ2) is 8.97. The molecule has 152 valence electrons. The molecule has 1 N–H and O–H groups in total. The number of carbonyl (C=O) groups excluding carboxylic acids is 1. The van der Waals surface area contributed by atoms with E-state index in [0.717, 1.165) is 11.1 Å². The number of pyridine rings is 1. The first-order valence-electron chi connectivity index (χ1n) is 9.79. The lowest BCUT2D eigenvalue weighted by molar-refractivity contribution is 0.102. The molecule has 0 spiro atoms. The van der Waals surface area contributed by atoms with Gasteiger partial charge in [0.15, 0.2) is 0 Å². The van der Waals surface area contributed by atoms with Crippen molar-refractivity contribution in [2.75, 3.05) is 11.9 Å². The summed E-state index contributed by atoms with van der Waals surface area (Å²) in [4.78, 5) is 16.9. The maximum absolute atomic E-state index is 12.8. The molecule has 0 aliphatic heterocycles. The third-order valence-corrected chi connectivity index (χ3v) is 4.63. The molecule has 6 heteroatoms. The van der Waals surface area contributed by atoms with Gasteiger partial charge >= 0.3 is 0 Å². The quantitative estimate of drug-likeness (QED) is 0.452. The Bertz CT molecular complexity index is 1230. The fourth-order valence-corrected chi connectivity index (χ4v) is 3.23. The Morgan fingerprint density at radius 1 is 1.03 bits per heavy atom. The van der Waals surface area contributed by atoms with Gasteiger partial charge in [0.1, 0.15) is 28.8 Å². The molecular weight excluding hydrogens is 390 g/mol. The molecule has 0 aliphatic rings. The topological polar surface area (TPSA) is 88.1 Å². The lowest BCUT2D eigenvalue weighted by Crippen LogP contribution is -2.13. The third-order valence-electron chi connectivity index (χ3n) is 4.63. The van der Waals surface area contributed by atoms with Crippen molar-refractivity contribution in [3.8, 4) is 34.3 Å². The van der Waals surface area contributed by atoms with Crippen LogP contribution < -0.4 is 10.1 Å². The van der Waals surface area contributed by atoms with E-state index in [1.54, 1.807) is 12.1 Å². The predicted molar refractivity (Wildman–Crippen MR) is 118 cm³/mol. The Balaban J connectivity index is 1.75. The van der Waals surface area contributed by atoms with Crippen LogP contribution in [0.5, 0.6) is 5.75 Å². The molecule has 31 heavy (non-hydrogen) atoms. The molecular formula is C25H19N3O3. The minimum atomic E-state index is -0.479. The number of nitrogens with one attached hydrogen (secondary N) is 1. The molecule has 6 nitrogen and oxygen atoms in total. The van der Waals surface area contributed by atoms with Crippen LogP contribution in [-0.4, -0.2) is 17.5 Å². The summed E-state index contributed by atoms with van der Waals surface area (Å²) in [6, 6.07) is 24.4. The molecule has 2 aromatic heterocycles. The number of amides is 1. The van der Waals surface area contributed by atoms with Crippen LogP contribution in [0.4, 0.5) is 5.88 Å². The molecule has 2 aromatic carbocycles. The summed E-state index contributed by atoms with van der Waals surface area (Å²) in [5.74, 6) is 0.694. The Hall–Kier alpha value is -4.37. The van der Waals surface area contributed by atoms with Crippen LogP contribution in [0, 0.1) is 11.3 Å². The molecule has 2 heterocycles. The first kappa shape index (κ1) is 19.9. The monoisotopic (exact) mass is 409 g/mol. The fraction of sp³-hybridized carbons (Fsp3) is 0.0800. The number of benzene rings is 2. The summed E-state index contributed by atoms with van der Waals surface area (Å²) < 4.78 is 11.4. The number of aromatic nitrogens is 1. The van der Waals surface area contributed by atoms with Gasteiger partial charge in [0.25, 0.3) is 5.91 Å². The molecule has 0 saturated heterocycles. The van der Waals surface area contributed by atoms with Crippen molar-refractivity contribution in [3.63, 3.8) is 0 Å². The molecule has 0 aliphatic carbocycles. The van der Waals surface area contributed by atoms with E-state index in [1.165, 1.54) is 6.20 Å². The Morgan fingerprint density at radius 2 is 1.71 bits per heavy atom. The van der Waals surface area contributed by atoms with Gasteiger partial charge in [0, 0.05) is 11.1 Å². The van der Waals surface area contributed by atoms with Crippen LogP contribution in [0.25, 0.3) is 22.5 Å². The molecule has 0 atom stereocenters. The van der Waals surface area contributed by atoms with E-state index in [1.807, 2.05) is 67.6 Å². The zero-order chi connectivity index (χ0) is 21.6. The van der Waals surface area contributed by atoms with Crippen LogP contribution in [-0.2, 0) is 0 Å². The number of ether oxygens (including phenoxy) is 1. The Morgan fingerprint density at radius 3 is 2.29 bits per heavy atom. The number of rotatable bonds is 6. The molecule has 0 bridgehead atoms. The van der Waals surface area contributed by atoms with E-state index < -0.39 is 5.91 Å². The van der Waals surface area contributed by atoms with Crippen molar-refractivity contribution in [3.05, 3.63) is 90.3 Å². The van der Waals surface area contributed by atoms with Crippen LogP contribution >= 0.6 is 0 Å². The molecule has 1 amide bonds. The first-order valence-corrected chi connectivity index (χ1v) is 9.79. The van der Waals surface area contributed by atoms with Gasteiger partial charge in [-0.3, -0.25) is 10.1 Å². The number of hydrogen-bond donors (Lipinski definition) is 1. The van der Waals surface area contributed by atoms with Crippen molar-refractivity contribution >= 4 is 11.8 Å². The summed E-state index contributed by atoms with van der Waals surface area (Å²) in [7, 11) is 0. The van der Waals surface area contributed by atoms with Crippen LogP contribution in [0.1, 0.15) is 23.0 Å². The van der Waals surface area contributed by atoms with E-state index in [9.17, 15) is 10.1 Å². The van der Waals surface area contributed by atoms with E-state index in [4.69, 9.17) is 9.15 Å². The van der Waals surface area contributed by atoms with Crippen molar-refractivity contribution in [2.24, 2.45) is 0 Å². The molecule has 0 unspecified atom stereocenters. The van der Waals surface area contributed by atoms with Crippen molar-refractivity contribution in [1.29, 1.82) is 5.26 Å². The van der Waals surface area contributed by atoms with E-state index in [-0.39, 0.29) is 17.1 Å². The maximum Gasteiger partial charge on any atom is 0.276 e. The van der Waals surface area contributed by atoms with E-state index in [0.29, 0.717) is 23.7 Å². The maximum atomic E-state index is 12.8. The summed E-state index contributed by atoms with van der Waals surface area (Å²) in [5, 5.41) is 12.6. The number of nitrogens with zero attached hydrogens (tertiary/aromatic N) is 2. The Kier molecular flexibility index (Phi) is 5.77. The van der Waals surface area contributed by atoms with Gasteiger partial charge in [-0.15, -0.1) is 0 Å². The van der Waals surface area contributed by atoms with Crippen molar-refractivity contribution in [1.82, 2.24) is 4.98 Å². The lowest BCUT2D eigenvalue weighted by atomic mass is 9.98. The summed E-state index contributed by atoms with van der Waals surface area (Å²) >= 11 is 0. The summed E-state index contributed by atoms with van der Waals surface area (Å²) in [5.41, 5.74) is 2.69. The number of nitriles is 1. The fourth-order valence-electron chi connectivity index (χ4n) is 3.23. The largest absolute Gasteiger partial charge is 0.492 e. The highest BCUT2D eigenvalue weighted by Gasteiger charge is 2.24. The average molecular weight is 409 g/mol. The summed E-state index contributed by atoms with van der Waals surface area (Å²) in [6.07, 6.45) is 1.48. The molecule has 0 radical (unpaired) electrons. The number of anilines is 1. The van der Waals surface area contributed by atoms with E-state index in [2.05, 4.69) is 16.4 Å². The van der Waals surface area contributed by atoms with Crippen molar-refractivity contribution < 1.29 is 13.9 Å². The highest BCUT2D eigenvalue weighted by Crippen LogP contribution is 2.41. The minimum absolute atomic E-state index is 0.0842. The van der Waals surface area contributed by atoms with Gasteiger partial charge in [-0.1, -0.05) is 60.7 Å². The normalized spacial score (nSPS) is 10.3. The van der Waals surface area contributed by atoms with Gasteiger partial charge in [-0.05, 0) is 24.6 Å². The van der Waals surface area contributed by atoms with Crippen LogP contribution in [0.3, 0.4) is 0 Å². The smallest absolute Gasteiger partial charge is 0.276 e. The minimum Gasteiger partial charge on any atom is -0.492 e. The molecule has 4 aromatic rings. The van der Waals surface area contributed by atoms with Crippen molar-refractivity contribution in [2.45, 2.75) is 6.92 Å². The van der Waals surface area contributed by atoms with Gasteiger partial charge in [-0.25, -0.2) is 4.98 Å². The van der Waals surface area contributed by atoms with E-state index >= 15 is 0 Å². The number of hydrogen-bond acceptors (Lipinski definition) is 5. The highest BCUT2D eigenvalue weighted by atomic mass is 16.5. The Labute approximate surface area is 179 Å². The second-order valence-electron chi connectivity index (χ2n) is 6.62. The predicted octanol–water partition coefficient (Wildman–Crippen LogP) is 5.53. The molecule has 4 rings (SSSR count). The van der Waals surface area contributed by atoms with Crippen LogP contribution in [0.2, 0.25) is 0 Å². The summed E-state index contributed by atoms with van der Waals surface area (Å²) in [6.45, 7) is 2.38. The van der Waals surface area contributed by atoms with Gasteiger partial charge < -0.3 is 9.15 Å². The second-order valence-corrected chi connectivity index (χ2v) is 6.62. The third kappa shape index (κ3) is 4.16. The zero-order valence-electron chi connectivity index (χ0n) is 16.8. The lowest BCUT2D eigenvalue weighted by Gasteiger charge is -2.04. The van der Waals surface area contributed by atoms with Gasteiger partial charge in [-0.2, -0.15) is 5.26 Å². The average Bonchev–Trinajstić information content (AvgIpc) is 3.19. The first-order chi connectivity index (χ1) is 15.2.